The van der Waals surface area contributed by atoms with Gasteiger partial charge in [-0.1, -0.05) is 12.8 Å². The molecule has 86 valence electrons. The van der Waals surface area contributed by atoms with Crippen LogP contribution in [-0.4, -0.2) is 22.5 Å². The Balaban J connectivity index is 1.71. The number of hydrogen-bond donors (Lipinski definition) is 1. The van der Waals surface area contributed by atoms with E-state index in [0.717, 1.165) is 0 Å². The Hall–Kier alpha value is -1.49. The highest BCUT2D eigenvalue weighted by molar-refractivity contribution is 5.90. The first kappa shape index (κ1) is 11.0. The van der Waals surface area contributed by atoms with Gasteiger partial charge in [0, 0.05) is 12.4 Å². The molecule has 1 amide bonds. The Bertz CT molecular complexity index is 336. The molecule has 0 bridgehead atoms. The maximum atomic E-state index is 11.5. The number of aromatic nitrogens is 2. The summed E-state index contributed by atoms with van der Waals surface area (Å²) in [5.74, 6) is 0.244. The quantitative estimate of drug-likeness (QED) is 0.779. The summed E-state index contributed by atoms with van der Waals surface area (Å²) in [5, 5.41) is 0. The van der Waals surface area contributed by atoms with Gasteiger partial charge >= 0.3 is 0 Å². The minimum absolute atomic E-state index is 0.272. The van der Waals surface area contributed by atoms with Gasteiger partial charge in [-0.15, -0.1) is 0 Å². The van der Waals surface area contributed by atoms with Gasteiger partial charge in [0.15, 0.2) is 0 Å². The molecule has 1 saturated carbocycles. The molecule has 5 nitrogen and oxygen atoms in total. The van der Waals surface area contributed by atoms with Crippen LogP contribution >= 0.6 is 0 Å². The Morgan fingerprint density at radius 3 is 2.94 bits per heavy atom. The fraction of sp³-hybridized carbons (Fsp3) is 0.545. The fourth-order valence-corrected chi connectivity index (χ4v) is 1.87. The van der Waals surface area contributed by atoms with Crippen molar-refractivity contribution in [1.82, 2.24) is 15.4 Å². The SMILES string of the molecule is O=C(NOCC1CCCC1)c1cnccn1. The molecule has 0 radical (unpaired) electrons. The fourth-order valence-electron chi connectivity index (χ4n) is 1.87. The van der Waals surface area contributed by atoms with E-state index in [2.05, 4.69) is 15.4 Å². The Kier molecular flexibility index (Phi) is 3.82. The lowest BCUT2D eigenvalue weighted by atomic mass is 10.1. The van der Waals surface area contributed by atoms with Crippen molar-refractivity contribution in [1.29, 1.82) is 0 Å². The average Bonchev–Trinajstić information content (AvgIpc) is 2.83. The van der Waals surface area contributed by atoms with Crippen LogP contribution in [0.3, 0.4) is 0 Å². The molecule has 2 rings (SSSR count). The number of nitrogens with zero attached hydrogens (tertiary/aromatic N) is 2. The lowest BCUT2D eigenvalue weighted by Crippen LogP contribution is -2.26. The van der Waals surface area contributed by atoms with Crippen LogP contribution < -0.4 is 5.48 Å². The molecule has 1 heterocycles. The first-order chi connectivity index (χ1) is 7.86. The van der Waals surface area contributed by atoms with E-state index in [1.807, 2.05) is 0 Å². The number of hydroxylamine groups is 1. The second-order valence-corrected chi connectivity index (χ2v) is 3.98. The molecule has 0 atom stereocenters. The summed E-state index contributed by atoms with van der Waals surface area (Å²) in [6.45, 7) is 0.589. The molecule has 0 spiro atoms. The predicted molar refractivity (Wildman–Crippen MR) is 57.4 cm³/mol. The summed E-state index contributed by atoms with van der Waals surface area (Å²) in [4.78, 5) is 24.3. The van der Waals surface area contributed by atoms with E-state index >= 15 is 0 Å². The smallest absolute Gasteiger partial charge is 0.273 e. The number of nitrogens with one attached hydrogen (secondary N) is 1. The van der Waals surface area contributed by atoms with E-state index < -0.39 is 0 Å². The van der Waals surface area contributed by atoms with E-state index in [1.165, 1.54) is 44.3 Å². The van der Waals surface area contributed by atoms with Crippen molar-refractivity contribution >= 4 is 5.91 Å². The number of carbonyl (C=O) groups is 1. The van der Waals surface area contributed by atoms with Gasteiger partial charge in [-0.2, -0.15) is 0 Å². The molecule has 1 aromatic heterocycles. The van der Waals surface area contributed by atoms with E-state index in [9.17, 15) is 4.79 Å². The van der Waals surface area contributed by atoms with Crippen molar-refractivity contribution in [3.63, 3.8) is 0 Å². The van der Waals surface area contributed by atoms with Gasteiger partial charge in [0.05, 0.1) is 12.8 Å². The standard InChI is InChI=1S/C11H15N3O2/c15-11(10-7-12-5-6-13-10)14-16-8-9-3-1-2-4-9/h5-7,9H,1-4,8H2,(H,14,15). The van der Waals surface area contributed by atoms with Gasteiger partial charge in [-0.3, -0.25) is 14.6 Å². The van der Waals surface area contributed by atoms with E-state index in [1.54, 1.807) is 0 Å². The number of carbonyl (C=O) groups excluding carboxylic acids is 1. The largest absolute Gasteiger partial charge is 0.295 e. The normalized spacial score (nSPS) is 16.2. The highest BCUT2D eigenvalue weighted by Gasteiger charge is 2.15. The minimum Gasteiger partial charge on any atom is -0.273 e. The molecule has 0 unspecified atom stereocenters. The molecule has 1 N–H and O–H groups in total. The average molecular weight is 221 g/mol. The van der Waals surface area contributed by atoms with Crippen molar-refractivity contribution in [3.05, 3.63) is 24.3 Å². The second kappa shape index (κ2) is 5.55. The van der Waals surface area contributed by atoms with Crippen molar-refractivity contribution in [3.8, 4) is 0 Å². The summed E-state index contributed by atoms with van der Waals surface area (Å²) in [7, 11) is 0. The van der Waals surface area contributed by atoms with Crippen molar-refractivity contribution in [2.75, 3.05) is 6.61 Å². The van der Waals surface area contributed by atoms with Crippen LogP contribution in [0.5, 0.6) is 0 Å². The van der Waals surface area contributed by atoms with Gasteiger partial charge in [-0.05, 0) is 18.8 Å². The van der Waals surface area contributed by atoms with E-state index in [-0.39, 0.29) is 11.6 Å². The Labute approximate surface area is 94.2 Å². The molecular weight excluding hydrogens is 206 g/mol. The van der Waals surface area contributed by atoms with Crippen LogP contribution in [-0.2, 0) is 4.84 Å². The molecule has 0 saturated heterocycles. The topological polar surface area (TPSA) is 64.1 Å². The van der Waals surface area contributed by atoms with Gasteiger partial charge < -0.3 is 0 Å². The van der Waals surface area contributed by atoms with Crippen molar-refractivity contribution in [2.45, 2.75) is 25.7 Å². The van der Waals surface area contributed by atoms with Gasteiger partial charge in [0.1, 0.15) is 5.69 Å². The molecule has 1 aromatic rings. The molecule has 1 fully saturated rings. The molecule has 0 aromatic carbocycles. The molecule has 1 aliphatic carbocycles. The van der Waals surface area contributed by atoms with E-state index in [4.69, 9.17) is 4.84 Å². The Morgan fingerprint density at radius 2 is 2.25 bits per heavy atom. The molecule has 16 heavy (non-hydrogen) atoms. The van der Waals surface area contributed by atoms with Crippen LogP contribution in [0.1, 0.15) is 36.2 Å². The summed E-state index contributed by atoms with van der Waals surface area (Å²) in [6.07, 6.45) is 9.34. The van der Waals surface area contributed by atoms with Crippen LogP contribution in [0.15, 0.2) is 18.6 Å². The third-order valence-corrected chi connectivity index (χ3v) is 2.75. The number of rotatable bonds is 4. The highest BCUT2D eigenvalue weighted by Crippen LogP contribution is 2.24. The van der Waals surface area contributed by atoms with Crippen LogP contribution in [0.4, 0.5) is 0 Å². The maximum Gasteiger partial charge on any atom is 0.295 e. The highest BCUT2D eigenvalue weighted by atomic mass is 16.7. The first-order valence-corrected chi connectivity index (χ1v) is 5.54. The van der Waals surface area contributed by atoms with Gasteiger partial charge in [0.25, 0.3) is 5.91 Å². The zero-order chi connectivity index (χ0) is 11.2. The van der Waals surface area contributed by atoms with Crippen molar-refractivity contribution < 1.29 is 9.63 Å². The van der Waals surface area contributed by atoms with Crippen molar-refractivity contribution in [2.24, 2.45) is 5.92 Å². The first-order valence-electron chi connectivity index (χ1n) is 5.54. The number of amides is 1. The van der Waals surface area contributed by atoms with Crippen LogP contribution in [0, 0.1) is 5.92 Å². The van der Waals surface area contributed by atoms with E-state index in [0.29, 0.717) is 12.5 Å². The Morgan fingerprint density at radius 1 is 1.44 bits per heavy atom. The zero-order valence-corrected chi connectivity index (χ0v) is 9.06. The van der Waals surface area contributed by atoms with Crippen LogP contribution in [0.25, 0.3) is 0 Å². The second-order valence-electron chi connectivity index (χ2n) is 3.98. The van der Waals surface area contributed by atoms with Crippen LogP contribution in [0.2, 0.25) is 0 Å². The zero-order valence-electron chi connectivity index (χ0n) is 9.06. The number of hydrogen-bond acceptors (Lipinski definition) is 4. The third kappa shape index (κ3) is 3.00. The molecule has 5 heteroatoms. The molecule has 1 aliphatic rings. The lowest BCUT2D eigenvalue weighted by molar-refractivity contribution is 0.0167. The van der Waals surface area contributed by atoms with Gasteiger partial charge in [-0.25, -0.2) is 10.5 Å². The molecular formula is C11H15N3O2. The molecule has 0 aliphatic heterocycles. The summed E-state index contributed by atoms with van der Waals surface area (Å²) in [5.41, 5.74) is 2.66. The third-order valence-electron chi connectivity index (χ3n) is 2.75. The maximum absolute atomic E-state index is 11.5. The minimum atomic E-state index is -0.342. The predicted octanol–water partition coefficient (Wildman–Crippen LogP) is 1.33. The lowest BCUT2D eigenvalue weighted by Gasteiger charge is -2.09. The van der Waals surface area contributed by atoms with Gasteiger partial charge in [0.2, 0.25) is 0 Å². The summed E-state index contributed by atoms with van der Waals surface area (Å²) >= 11 is 0. The summed E-state index contributed by atoms with van der Waals surface area (Å²) in [6, 6.07) is 0. The monoisotopic (exact) mass is 221 g/mol. The summed E-state index contributed by atoms with van der Waals surface area (Å²) < 4.78 is 0.